The summed E-state index contributed by atoms with van der Waals surface area (Å²) >= 11 is 7.41. The van der Waals surface area contributed by atoms with Crippen molar-refractivity contribution in [3.8, 4) is 10.6 Å². The van der Waals surface area contributed by atoms with Gasteiger partial charge in [-0.1, -0.05) is 23.7 Å². The highest BCUT2D eigenvalue weighted by molar-refractivity contribution is 7.13. The molecule has 2 aromatic rings. The Morgan fingerprint density at radius 3 is 3.05 bits per heavy atom. The molecule has 0 bridgehead atoms. The van der Waals surface area contributed by atoms with E-state index < -0.39 is 0 Å². The second-order valence-corrected chi connectivity index (χ2v) is 6.08. The Labute approximate surface area is 126 Å². The summed E-state index contributed by atoms with van der Waals surface area (Å²) in [7, 11) is 0. The van der Waals surface area contributed by atoms with Crippen LogP contribution in [0.1, 0.15) is 10.5 Å². The Morgan fingerprint density at radius 2 is 2.35 bits per heavy atom. The van der Waals surface area contributed by atoms with Crippen LogP contribution in [0.4, 0.5) is 0 Å². The zero-order chi connectivity index (χ0) is 13.9. The summed E-state index contributed by atoms with van der Waals surface area (Å²) in [6.07, 6.45) is 0. The Kier molecular flexibility index (Phi) is 4.00. The van der Waals surface area contributed by atoms with Crippen LogP contribution in [0.3, 0.4) is 0 Å². The van der Waals surface area contributed by atoms with E-state index in [9.17, 15) is 4.79 Å². The molecule has 0 radical (unpaired) electrons. The van der Waals surface area contributed by atoms with Gasteiger partial charge in [0.05, 0.1) is 0 Å². The van der Waals surface area contributed by atoms with Gasteiger partial charge < -0.3 is 10.6 Å². The lowest BCUT2D eigenvalue weighted by molar-refractivity contribution is 0.0938. The molecule has 20 heavy (non-hydrogen) atoms. The molecule has 1 amide bonds. The maximum Gasteiger partial charge on any atom is 0.270 e. The van der Waals surface area contributed by atoms with Gasteiger partial charge in [0, 0.05) is 41.5 Å². The molecular formula is C14H14ClN3OS. The molecular weight excluding hydrogens is 294 g/mol. The highest BCUT2D eigenvalue weighted by atomic mass is 35.5. The van der Waals surface area contributed by atoms with Crippen molar-refractivity contribution in [1.82, 2.24) is 15.6 Å². The molecule has 104 valence electrons. The Bertz CT molecular complexity index is 624. The van der Waals surface area contributed by atoms with Gasteiger partial charge in [-0.15, -0.1) is 11.3 Å². The van der Waals surface area contributed by atoms with E-state index in [1.165, 1.54) is 11.3 Å². The first-order valence-electron chi connectivity index (χ1n) is 6.43. The van der Waals surface area contributed by atoms with Gasteiger partial charge in [-0.25, -0.2) is 4.98 Å². The van der Waals surface area contributed by atoms with Crippen LogP contribution < -0.4 is 10.6 Å². The molecule has 2 N–H and O–H groups in total. The molecule has 1 aromatic carbocycles. The predicted molar refractivity (Wildman–Crippen MR) is 81.3 cm³/mol. The minimum Gasteiger partial charge on any atom is -0.350 e. The fraction of sp³-hybridized carbons (Fsp3) is 0.286. The van der Waals surface area contributed by atoms with Gasteiger partial charge in [-0.05, 0) is 12.1 Å². The van der Waals surface area contributed by atoms with Crippen molar-refractivity contribution in [3.63, 3.8) is 0 Å². The number of hydrogen-bond acceptors (Lipinski definition) is 4. The fourth-order valence-electron chi connectivity index (χ4n) is 1.95. The lowest BCUT2D eigenvalue weighted by Gasteiger charge is -2.26. The van der Waals surface area contributed by atoms with Crippen LogP contribution in [0.15, 0.2) is 29.6 Å². The van der Waals surface area contributed by atoms with Gasteiger partial charge in [-0.2, -0.15) is 0 Å². The van der Waals surface area contributed by atoms with Crippen molar-refractivity contribution in [2.24, 2.45) is 5.92 Å². The molecule has 1 saturated heterocycles. The molecule has 2 heterocycles. The predicted octanol–water partition coefficient (Wildman–Crippen LogP) is 2.41. The number of benzene rings is 1. The topological polar surface area (TPSA) is 54.0 Å². The number of thiazole rings is 1. The zero-order valence-electron chi connectivity index (χ0n) is 10.7. The molecule has 0 aliphatic carbocycles. The van der Waals surface area contributed by atoms with Crippen LogP contribution in [0.2, 0.25) is 5.02 Å². The third-order valence-corrected chi connectivity index (χ3v) is 4.35. The molecule has 1 fully saturated rings. The molecule has 4 nitrogen and oxygen atoms in total. The molecule has 6 heteroatoms. The molecule has 1 aliphatic rings. The minimum absolute atomic E-state index is 0.110. The number of aromatic nitrogens is 1. The van der Waals surface area contributed by atoms with E-state index in [2.05, 4.69) is 15.6 Å². The van der Waals surface area contributed by atoms with Gasteiger partial charge >= 0.3 is 0 Å². The van der Waals surface area contributed by atoms with Gasteiger partial charge in [0.25, 0.3) is 5.91 Å². The first-order valence-corrected chi connectivity index (χ1v) is 7.68. The summed E-state index contributed by atoms with van der Waals surface area (Å²) < 4.78 is 0. The first kappa shape index (κ1) is 13.5. The number of halogens is 1. The van der Waals surface area contributed by atoms with Crippen molar-refractivity contribution in [2.75, 3.05) is 19.6 Å². The van der Waals surface area contributed by atoms with Gasteiger partial charge in [-0.3, -0.25) is 4.79 Å². The van der Waals surface area contributed by atoms with Gasteiger partial charge in [0.2, 0.25) is 0 Å². The first-order chi connectivity index (χ1) is 9.72. The molecule has 0 atom stereocenters. The quantitative estimate of drug-likeness (QED) is 0.912. The summed E-state index contributed by atoms with van der Waals surface area (Å²) in [5.41, 5.74) is 1.40. The number of hydrogen-bond donors (Lipinski definition) is 2. The van der Waals surface area contributed by atoms with Crippen LogP contribution >= 0.6 is 22.9 Å². The normalized spacial score (nSPS) is 14.8. The highest BCUT2D eigenvalue weighted by Crippen LogP contribution is 2.25. The molecule has 1 aromatic heterocycles. The molecule has 0 spiro atoms. The largest absolute Gasteiger partial charge is 0.350 e. The summed E-state index contributed by atoms with van der Waals surface area (Å²) in [6, 6.07) is 7.48. The summed E-state index contributed by atoms with van der Waals surface area (Å²) in [6.45, 7) is 2.66. The number of carbonyl (C=O) groups is 1. The van der Waals surface area contributed by atoms with Crippen molar-refractivity contribution in [2.45, 2.75) is 0 Å². The summed E-state index contributed by atoms with van der Waals surface area (Å²) in [4.78, 5) is 16.4. The average molecular weight is 308 g/mol. The maximum atomic E-state index is 12.0. The molecule has 1 aliphatic heterocycles. The van der Waals surface area contributed by atoms with E-state index in [0.717, 1.165) is 23.7 Å². The minimum atomic E-state index is -0.110. The van der Waals surface area contributed by atoms with Crippen LogP contribution in [0.5, 0.6) is 0 Å². The van der Waals surface area contributed by atoms with Crippen molar-refractivity contribution >= 4 is 28.8 Å². The van der Waals surface area contributed by atoms with E-state index in [4.69, 9.17) is 11.6 Å². The van der Waals surface area contributed by atoms with Gasteiger partial charge in [0.1, 0.15) is 10.7 Å². The average Bonchev–Trinajstić information content (AvgIpc) is 2.86. The van der Waals surface area contributed by atoms with Crippen LogP contribution in [-0.4, -0.2) is 30.5 Å². The number of nitrogens with one attached hydrogen (secondary N) is 2. The number of rotatable bonds is 4. The SMILES string of the molecule is O=C(NCC1CNC1)c1csc(-c2cccc(Cl)c2)n1. The summed E-state index contributed by atoms with van der Waals surface area (Å²) in [5.74, 6) is 0.436. The lowest BCUT2D eigenvalue weighted by Crippen LogP contribution is -2.48. The van der Waals surface area contributed by atoms with Crippen LogP contribution in [-0.2, 0) is 0 Å². The third kappa shape index (κ3) is 3.00. The van der Waals surface area contributed by atoms with Crippen molar-refractivity contribution in [3.05, 3.63) is 40.4 Å². The van der Waals surface area contributed by atoms with Crippen molar-refractivity contribution < 1.29 is 4.79 Å². The smallest absolute Gasteiger partial charge is 0.270 e. The fourth-order valence-corrected chi connectivity index (χ4v) is 2.94. The van der Waals surface area contributed by atoms with Crippen LogP contribution in [0, 0.1) is 5.92 Å². The Hall–Kier alpha value is -1.43. The second kappa shape index (κ2) is 5.91. The lowest BCUT2D eigenvalue weighted by atomic mass is 10.0. The molecule has 0 unspecified atom stereocenters. The number of carbonyl (C=O) groups excluding carboxylic acids is 1. The maximum absolute atomic E-state index is 12.0. The highest BCUT2D eigenvalue weighted by Gasteiger charge is 2.18. The summed E-state index contributed by atoms with van der Waals surface area (Å²) in [5, 5.41) is 9.35. The molecule has 3 rings (SSSR count). The number of amides is 1. The third-order valence-electron chi connectivity index (χ3n) is 3.23. The number of nitrogens with zero attached hydrogens (tertiary/aromatic N) is 1. The zero-order valence-corrected chi connectivity index (χ0v) is 12.3. The van der Waals surface area contributed by atoms with Crippen molar-refractivity contribution in [1.29, 1.82) is 0 Å². The standard InChI is InChI=1S/C14H14ClN3OS/c15-11-3-1-2-10(4-11)14-18-12(8-20-14)13(19)17-7-9-5-16-6-9/h1-4,8-9,16H,5-7H2,(H,17,19). The van der Waals surface area contributed by atoms with Gasteiger partial charge in [0.15, 0.2) is 0 Å². The van der Waals surface area contributed by atoms with E-state index >= 15 is 0 Å². The van der Waals surface area contributed by atoms with Crippen LogP contribution in [0.25, 0.3) is 10.6 Å². The van der Waals surface area contributed by atoms with E-state index in [-0.39, 0.29) is 5.91 Å². The Morgan fingerprint density at radius 1 is 1.50 bits per heavy atom. The Balaban J connectivity index is 1.67. The van der Waals surface area contributed by atoms with E-state index in [1.54, 1.807) is 5.38 Å². The monoisotopic (exact) mass is 307 g/mol. The van der Waals surface area contributed by atoms with E-state index in [0.29, 0.717) is 23.2 Å². The molecule has 0 saturated carbocycles. The van der Waals surface area contributed by atoms with E-state index in [1.807, 2.05) is 24.3 Å². The second-order valence-electron chi connectivity index (χ2n) is 4.78.